The summed E-state index contributed by atoms with van der Waals surface area (Å²) in [5.41, 5.74) is 1.21. The van der Waals surface area contributed by atoms with Crippen LogP contribution in [0.2, 0.25) is 0 Å². The molecule has 2 fully saturated rings. The fourth-order valence-electron chi connectivity index (χ4n) is 3.50. The highest BCUT2D eigenvalue weighted by molar-refractivity contribution is 5.87. The number of aryl methyl sites for hydroxylation is 1. The van der Waals surface area contributed by atoms with Gasteiger partial charge in [0, 0.05) is 0 Å². The van der Waals surface area contributed by atoms with Gasteiger partial charge in [0.15, 0.2) is 5.60 Å². The molecule has 20 heavy (non-hydrogen) atoms. The highest BCUT2D eigenvalue weighted by Crippen LogP contribution is 2.58. The van der Waals surface area contributed by atoms with Crippen molar-refractivity contribution in [1.29, 1.82) is 0 Å². The lowest BCUT2D eigenvalue weighted by Crippen LogP contribution is -2.56. The molecule has 2 aliphatic rings. The third-order valence-electron chi connectivity index (χ3n) is 4.37. The molecule has 4 heteroatoms. The molecule has 0 unspecified atom stereocenters. The van der Waals surface area contributed by atoms with Gasteiger partial charge in [-0.2, -0.15) is 0 Å². The summed E-state index contributed by atoms with van der Waals surface area (Å²) in [6.07, 6.45) is 1.33. The number of benzene rings is 1. The first kappa shape index (κ1) is 13.2. The quantitative estimate of drug-likeness (QED) is 0.794. The minimum absolute atomic E-state index is 0.196. The van der Waals surface area contributed by atoms with Gasteiger partial charge in [0.1, 0.15) is 11.8 Å². The molecule has 3 atom stereocenters. The molecule has 1 heterocycles. The van der Waals surface area contributed by atoms with Crippen molar-refractivity contribution in [2.45, 2.75) is 32.3 Å². The first-order valence-electron chi connectivity index (χ1n) is 7.06. The van der Waals surface area contributed by atoms with Crippen LogP contribution in [0.3, 0.4) is 0 Å². The maximum Gasteiger partial charge on any atom is 0.314 e. The van der Waals surface area contributed by atoms with Crippen LogP contribution >= 0.6 is 0 Å². The molecule has 0 N–H and O–H groups in total. The van der Waals surface area contributed by atoms with Crippen LogP contribution in [-0.2, 0) is 24.7 Å². The molecular formula is C16H18O4. The predicted octanol–water partition coefficient (Wildman–Crippen LogP) is 2.34. The molecule has 1 saturated heterocycles. The Morgan fingerprint density at radius 2 is 2.25 bits per heavy atom. The first-order valence-corrected chi connectivity index (χ1v) is 7.06. The van der Waals surface area contributed by atoms with E-state index in [0.717, 1.165) is 11.1 Å². The van der Waals surface area contributed by atoms with E-state index in [1.807, 2.05) is 31.2 Å². The Kier molecular flexibility index (Phi) is 3.04. The van der Waals surface area contributed by atoms with Gasteiger partial charge in [0.25, 0.3) is 0 Å². The van der Waals surface area contributed by atoms with Crippen LogP contribution in [-0.4, -0.2) is 18.5 Å². The van der Waals surface area contributed by atoms with Crippen molar-refractivity contribution < 1.29 is 19.1 Å². The van der Waals surface area contributed by atoms with E-state index in [1.165, 1.54) is 0 Å². The minimum atomic E-state index is -0.796. The van der Waals surface area contributed by atoms with Crippen LogP contribution in [0.25, 0.3) is 0 Å². The molecule has 0 amide bonds. The molecule has 0 aromatic heterocycles. The monoisotopic (exact) mass is 274 g/mol. The van der Waals surface area contributed by atoms with Crippen molar-refractivity contribution >= 4 is 11.9 Å². The lowest BCUT2D eigenvalue weighted by atomic mass is 9.73. The van der Waals surface area contributed by atoms with Gasteiger partial charge < -0.3 is 9.47 Å². The normalized spacial score (nSPS) is 31.2. The average molecular weight is 274 g/mol. The maximum atomic E-state index is 12.2. The Labute approximate surface area is 118 Å². The van der Waals surface area contributed by atoms with Gasteiger partial charge in [0.05, 0.1) is 6.61 Å². The number of carbonyl (C=O) groups excluding carboxylic acids is 2. The summed E-state index contributed by atoms with van der Waals surface area (Å²) < 4.78 is 10.7. The number of ether oxygens (including phenoxy) is 2. The fraction of sp³-hybridized carbons (Fsp3) is 0.500. The molecular weight excluding hydrogens is 256 g/mol. The first-order chi connectivity index (χ1) is 9.59. The van der Waals surface area contributed by atoms with E-state index in [0.29, 0.717) is 19.4 Å². The van der Waals surface area contributed by atoms with E-state index in [2.05, 4.69) is 0 Å². The van der Waals surface area contributed by atoms with Gasteiger partial charge in [-0.15, -0.1) is 0 Å². The molecule has 0 bridgehead atoms. The van der Waals surface area contributed by atoms with Crippen molar-refractivity contribution in [3.63, 3.8) is 0 Å². The van der Waals surface area contributed by atoms with Gasteiger partial charge in [-0.1, -0.05) is 29.8 Å². The second-order valence-corrected chi connectivity index (χ2v) is 5.52. The molecule has 1 aliphatic carbocycles. The minimum Gasteiger partial charge on any atom is -0.466 e. The Morgan fingerprint density at radius 3 is 2.90 bits per heavy atom. The Morgan fingerprint density at radius 1 is 1.45 bits per heavy atom. The van der Waals surface area contributed by atoms with Crippen molar-refractivity contribution in [2.24, 2.45) is 11.8 Å². The molecule has 3 rings (SSSR count). The van der Waals surface area contributed by atoms with Gasteiger partial charge in [-0.05, 0) is 32.3 Å². The fourth-order valence-corrected chi connectivity index (χ4v) is 3.50. The van der Waals surface area contributed by atoms with Crippen LogP contribution in [0.15, 0.2) is 24.3 Å². The van der Waals surface area contributed by atoms with Crippen molar-refractivity contribution in [3.05, 3.63) is 35.4 Å². The highest BCUT2D eigenvalue weighted by Gasteiger charge is 2.67. The van der Waals surface area contributed by atoms with Crippen LogP contribution in [0.5, 0.6) is 0 Å². The van der Waals surface area contributed by atoms with Gasteiger partial charge in [0.2, 0.25) is 0 Å². The second-order valence-electron chi connectivity index (χ2n) is 5.52. The highest BCUT2D eigenvalue weighted by atomic mass is 16.6. The number of rotatable bonds is 3. The number of hydrogen-bond acceptors (Lipinski definition) is 4. The summed E-state index contributed by atoms with van der Waals surface area (Å²) in [5.74, 6) is -1.05. The van der Waals surface area contributed by atoms with Gasteiger partial charge >= 0.3 is 11.9 Å². The lowest BCUT2D eigenvalue weighted by Gasteiger charge is -2.46. The van der Waals surface area contributed by atoms with E-state index >= 15 is 0 Å². The zero-order chi connectivity index (χ0) is 14.3. The third kappa shape index (κ3) is 1.67. The SMILES string of the molecule is CCOC(=O)[C@@H]1CC[C@H]2C(=O)O[C@@]12c1cccc(C)c1. The average Bonchev–Trinajstić information content (AvgIpc) is 2.72. The number of carbonyl (C=O) groups is 2. The third-order valence-corrected chi connectivity index (χ3v) is 4.37. The largest absolute Gasteiger partial charge is 0.466 e. The summed E-state index contributed by atoms with van der Waals surface area (Å²) in [6, 6.07) is 7.86. The molecule has 106 valence electrons. The lowest BCUT2D eigenvalue weighted by molar-refractivity contribution is -0.221. The molecule has 0 radical (unpaired) electrons. The van der Waals surface area contributed by atoms with Crippen molar-refractivity contribution in [2.75, 3.05) is 6.61 Å². The number of fused-ring (bicyclic) bond motifs is 1. The summed E-state index contributed by atoms with van der Waals surface area (Å²) in [5, 5.41) is 0. The maximum absolute atomic E-state index is 12.2. The van der Waals surface area contributed by atoms with E-state index in [9.17, 15) is 9.59 Å². The van der Waals surface area contributed by atoms with E-state index in [-0.39, 0.29) is 23.8 Å². The Bertz CT molecular complexity index is 565. The number of hydrogen-bond donors (Lipinski definition) is 0. The van der Waals surface area contributed by atoms with Crippen LogP contribution in [0.1, 0.15) is 30.9 Å². The Balaban J connectivity index is 2.01. The number of esters is 2. The standard InChI is InChI=1S/C16H18O4/c1-3-19-14(17)12-7-8-13-15(18)20-16(12,13)11-6-4-5-10(2)9-11/h4-6,9,12-13H,3,7-8H2,1-2H3/t12-,13-,16-/m0/s1. The molecule has 1 saturated carbocycles. The van der Waals surface area contributed by atoms with E-state index in [1.54, 1.807) is 6.92 Å². The molecule has 0 spiro atoms. The van der Waals surface area contributed by atoms with E-state index < -0.39 is 5.60 Å². The summed E-state index contributed by atoms with van der Waals surface area (Å²) in [4.78, 5) is 23.9. The molecule has 1 aromatic rings. The van der Waals surface area contributed by atoms with Crippen molar-refractivity contribution in [3.8, 4) is 0 Å². The van der Waals surface area contributed by atoms with Crippen LogP contribution in [0.4, 0.5) is 0 Å². The van der Waals surface area contributed by atoms with Crippen molar-refractivity contribution in [1.82, 2.24) is 0 Å². The summed E-state index contributed by atoms with van der Waals surface area (Å²) >= 11 is 0. The zero-order valence-corrected chi connectivity index (χ0v) is 11.7. The summed E-state index contributed by atoms with van der Waals surface area (Å²) in [7, 11) is 0. The molecule has 1 aliphatic heterocycles. The zero-order valence-electron chi connectivity index (χ0n) is 11.7. The molecule has 4 nitrogen and oxygen atoms in total. The van der Waals surface area contributed by atoms with Gasteiger partial charge in [-0.3, -0.25) is 9.59 Å². The predicted molar refractivity (Wildman–Crippen MR) is 71.8 cm³/mol. The summed E-state index contributed by atoms with van der Waals surface area (Å²) in [6.45, 7) is 4.12. The second kappa shape index (κ2) is 4.62. The smallest absolute Gasteiger partial charge is 0.314 e. The topological polar surface area (TPSA) is 52.6 Å². The van der Waals surface area contributed by atoms with Gasteiger partial charge in [-0.25, -0.2) is 0 Å². The van der Waals surface area contributed by atoms with Crippen LogP contribution in [0, 0.1) is 18.8 Å². The molecule has 1 aromatic carbocycles. The van der Waals surface area contributed by atoms with E-state index in [4.69, 9.17) is 9.47 Å². The van der Waals surface area contributed by atoms with Crippen LogP contribution < -0.4 is 0 Å². The Hall–Kier alpha value is -1.84.